The molecule has 1 aromatic heterocycles. The Kier molecular flexibility index (Phi) is 3.83. The van der Waals surface area contributed by atoms with E-state index in [0.717, 1.165) is 22.9 Å². The number of hydrogen-bond donors (Lipinski definition) is 1. The van der Waals surface area contributed by atoms with Crippen LogP contribution < -0.4 is 0 Å². The van der Waals surface area contributed by atoms with E-state index >= 15 is 0 Å². The van der Waals surface area contributed by atoms with Gasteiger partial charge in [-0.2, -0.15) is 5.10 Å². The van der Waals surface area contributed by atoms with Crippen LogP contribution in [0.25, 0.3) is 10.9 Å². The molecule has 1 unspecified atom stereocenters. The summed E-state index contributed by atoms with van der Waals surface area (Å²) in [5, 5.41) is 15.4. The summed E-state index contributed by atoms with van der Waals surface area (Å²) in [5.74, 6) is -1.08. The summed E-state index contributed by atoms with van der Waals surface area (Å²) >= 11 is 0. The van der Waals surface area contributed by atoms with Crippen LogP contribution in [-0.4, -0.2) is 20.9 Å². The molecule has 5 heteroatoms. The van der Waals surface area contributed by atoms with Gasteiger partial charge in [0, 0.05) is 12.4 Å². The zero-order valence-corrected chi connectivity index (χ0v) is 14.9. The molecule has 2 aromatic carbocycles. The number of fused-ring (bicyclic) bond motifs is 1. The van der Waals surface area contributed by atoms with Crippen molar-refractivity contribution < 1.29 is 14.3 Å². The number of aliphatic carboxylic acids is 1. The minimum Gasteiger partial charge on any atom is -0.481 e. The van der Waals surface area contributed by atoms with Crippen molar-refractivity contribution in [3.63, 3.8) is 0 Å². The third kappa shape index (κ3) is 2.42. The molecule has 1 saturated carbocycles. The lowest BCUT2D eigenvalue weighted by molar-refractivity contribution is -0.143. The number of nitrogens with zero attached hydrogens (tertiary/aromatic N) is 2. The molecule has 26 heavy (non-hydrogen) atoms. The molecule has 3 aromatic rings. The number of aromatic nitrogens is 2. The highest BCUT2D eigenvalue weighted by Gasteiger charge is 2.48. The molecule has 0 saturated heterocycles. The van der Waals surface area contributed by atoms with E-state index in [0.29, 0.717) is 24.0 Å². The number of aryl methyl sites for hydroxylation is 1. The van der Waals surface area contributed by atoms with Crippen molar-refractivity contribution in [1.82, 2.24) is 9.78 Å². The summed E-state index contributed by atoms with van der Waals surface area (Å²) in [6.45, 7) is 1.67. The van der Waals surface area contributed by atoms with E-state index in [1.54, 1.807) is 19.1 Å². The van der Waals surface area contributed by atoms with Crippen LogP contribution in [0.4, 0.5) is 4.39 Å². The standard InChI is InChI=1S/C21H21FN2O2/c1-13-17(4-3-5-18(13)22)21(20(25)26)9-8-15(11-21)14-6-7-16-12-23-24(2)19(16)10-14/h3-7,10,12,15H,8-9,11H2,1-2H3,(H,25,26)/t15?,21-/m0/s1. The molecule has 0 spiro atoms. The first-order chi connectivity index (χ1) is 12.4. The average molecular weight is 352 g/mol. The monoisotopic (exact) mass is 352 g/mol. The van der Waals surface area contributed by atoms with E-state index in [1.165, 1.54) is 6.07 Å². The first kappa shape index (κ1) is 16.8. The van der Waals surface area contributed by atoms with Crippen molar-refractivity contribution in [3.8, 4) is 0 Å². The Morgan fingerprint density at radius 3 is 2.92 bits per heavy atom. The van der Waals surface area contributed by atoms with E-state index in [-0.39, 0.29) is 11.7 Å². The Hall–Kier alpha value is -2.69. The molecule has 0 aliphatic heterocycles. The minimum atomic E-state index is -1.03. The third-order valence-electron chi connectivity index (χ3n) is 5.95. The fourth-order valence-electron chi connectivity index (χ4n) is 4.42. The first-order valence-electron chi connectivity index (χ1n) is 8.83. The van der Waals surface area contributed by atoms with E-state index in [2.05, 4.69) is 17.2 Å². The van der Waals surface area contributed by atoms with Crippen LogP contribution in [0.15, 0.2) is 42.6 Å². The van der Waals surface area contributed by atoms with Gasteiger partial charge in [-0.05, 0) is 60.9 Å². The van der Waals surface area contributed by atoms with E-state index < -0.39 is 11.4 Å². The van der Waals surface area contributed by atoms with Crippen LogP contribution in [0, 0.1) is 12.7 Å². The van der Waals surface area contributed by atoms with Gasteiger partial charge >= 0.3 is 5.97 Å². The Morgan fingerprint density at radius 1 is 1.35 bits per heavy atom. The number of hydrogen-bond acceptors (Lipinski definition) is 2. The second-order valence-electron chi connectivity index (χ2n) is 7.33. The molecule has 1 heterocycles. The van der Waals surface area contributed by atoms with Crippen LogP contribution in [0.1, 0.15) is 41.9 Å². The molecule has 1 fully saturated rings. The van der Waals surface area contributed by atoms with Crippen molar-refractivity contribution in [3.05, 3.63) is 65.1 Å². The van der Waals surface area contributed by atoms with Crippen LogP contribution >= 0.6 is 0 Å². The van der Waals surface area contributed by atoms with Crippen LogP contribution in [0.3, 0.4) is 0 Å². The number of rotatable bonds is 3. The lowest BCUT2D eigenvalue weighted by Crippen LogP contribution is -2.34. The van der Waals surface area contributed by atoms with E-state index in [4.69, 9.17) is 0 Å². The quantitative estimate of drug-likeness (QED) is 0.764. The topological polar surface area (TPSA) is 55.1 Å². The van der Waals surface area contributed by atoms with Crippen molar-refractivity contribution in [2.45, 2.75) is 37.5 Å². The lowest BCUT2D eigenvalue weighted by Gasteiger charge is -2.27. The lowest BCUT2D eigenvalue weighted by atomic mass is 9.75. The first-order valence-corrected chi connectivity index (χ1v) is 8.83. The summed E-state index contributed by atoms with van der Waals surface area (Å²) in [4.78, 5) is 12.3. The third-order valence-corrected chi connectivity index (χ3v) is 5.95. The summed E-state index contributed by atoms with van der Waals surface area (Å²) in [5.41, 5.74) is 2.18. The van der Waals surface area contributed by atoms with Gasteiger partial charge in [-0.1, -0.05) is 24.3 Å². The van der Waals surface area contributed by atoms with Gasteiger partial charge in [-0.25, -0.2) is 4.39 Å². The summed E-state index contributed by atoms with van der Waals surface area (Å²) in [6.07, 6.45) is 3.59. The zero-order chi connectivity index (χ0) is 18.5. The molecule has 4 rings (SSSR count). The van der Waals surface area contributed by atoms with Crippen molar-refractivity contribution >= 4 is 16.9 Å². The molecule has 0 radical (unpaired) electrons. The average Bonchev–Trinajstić information content (AvgIpc) is 3.23. The molecule has 134 valence electrons. The SMILES string of the molecule is Cc1c(F)cccc1[C@]1(C(=O)O)CCC(c2ccc3cnn(C)c3c2)C1. The molecule has 4 nitrogen and oxygen atoms in total. The Bertz CT molecular complexity index is 1010. The van der Waals surface area contributed by atoms with Gasteiger partial charge in [0.15, 0.2) is 0 Å². The Balaban J connectivity index is 1.75. The maximum Gasteiger partial charge on any atom is 0.314 e. The van der Waals surface area contributed by atoms with Gasteiger partial charge in [0.1, 0.15) is 5.82 Å². The molecular weight excluding hydrogens is 331 g/mol. The van der Waals surface area contributed by atoms with Crippen LogP contribution in [0.2, 0.25) is 0 Å². The largest absolute Gasteiger partial charge is 0.481 e. The van der Waals surface area contributed by atoms with Crippen molar-refractivity contribution in [1.29, 1.82) is 0 Å². The van der Waals surface area contributed by atoms with Gasteiger partial charge in [0.2, 0.25) is 0 Å². The summed E-state index contributed by atoms with van der Waals surface area (Å²) < 4.78 is 15.9. The minimum absolute atomic E-state index is 0.132. The fraction of sp³-hybridized carbons (Fsp3) is 0.333. The van der Waals surface area contributed by atoms with E-state index in [9.17, 15) is 14.3 Å². The van der Waals surface area contributed by atoms with Gasteiger partial charge in [0.25, 0.3) is 0 Å². The second kappa shape index (κ2) is 5.94. The van der Waals surface area contributed by atoms with Crippen molar-refractivity contribution in [2.75, 3.05) is 0 Å². The molecule has 2 atom stereocenters. The van der Waals surface area contributed by atoms with Gasteiger partial charge in [-0.15, -0.1) is 0 Å². The predicted octanol–water partition coefficient (Wildman–Crippen LogP) is 4.31. The molecular formula is C21H21FN2O2. The maximum atomic E-state index is 14.1. The fourth-order valence-corrected chi connectivity index (χ4v) is 4.42. The van der Waals surface area contributed by atoms with Gasteiger partial charge in [-0.3, -0.25) is 9.48 Å². The number of benzene rings is 2. The number of halogens is 1. The Morgan fingerprint density at radius 2 is 2.15 bits per heavy atom. The number of carboxylic acid groups (broad SMARTS) is 1. The van der Waals surface area contributed by atoms with Crippen molar-refractivity contribution in [2.24, 2.45) is 7.05 Å². The highest BCUT2D eigenvalue weighted by molar-refractivity contribution is 5.83. The summed E-state index contributed by atoms with van der Waals surface area (Å²) in [6, 6.07) is 11.0. The predicted molar refractivity (Wildman–Crippen MR) is 97.8 cm³/mol. The van der Waals surface area contributed by atoms with E-state index in [1.807, 2.05) is 24.0 Å². The smallest absolute Gasteiger partial charge is 0.314 e. The van der Waals surface area contributed by atoms with Gasteiger partial charge < -0.3 is 5.11 Å². The normalized spacial score (nSPS) is 22.8. The zero-order valence-electron chi connectivity index (χ0n) is 14.9. The van der Waals surface area contributed by atoms with Gasteiger partial charge in [0.05, 0.1) is 17.1 Å². The number of carbonyl (C=O) groups is 1. The second-order valence-corrected chi connectivity index (χ2v) is 7.33. The molecule has 1 aliphatic carbocycles. The van der Waals surface area contributed by atoms with Crippen LogP contribution in [-0.2, 0) is 17.3 Å². The molecule has 0 amide bonds. The highest BCUT2D eigenvalue weighted by Crippen LogP contribution is 2.49. The molecule has 1 aliphatic rings. The Labute approximate surface area is 151 Å². The number of carboxylic acids is 1. The maximum absolute atomic E-state index is 14.1. The highest BCUT2D eigenvalue weighted by atomic mass is 19.1. The molecule has 1 N–H and O–H groups in total. The van der Waals surface area contributed by atoms with Crippen LogP contribution in [0.5, 0.6) is 0 Å². The summed E-state index contributed by atoms with van der Waals surface area (Å²) in [7, 11) is 1.90. The molecule has 0 bridgehead atoms.